The molecule has 6 atom stereocenters. The summed E-state index contributed by atoms with van der Waals surface area (Å²) in [5.41, 5.74) is 2.72. The van der Waals surface area contributed by atoms with Gasteiger partial charge in [-0.1, -0.05) is 46.3 Å². The van der Waals surface area contributed by atoms with Crippen LogP contribution in [0.2, 0.25) is 0 Å². The van der Waals surface area contributed by atoms with Crippen LogP contribution in [-0.4, -0.2) is 86.8 Å². The summed E-state index contributed by atoms with van der Waals surface area (Å²) < 4.78 is -0.756. The van der Waals surface area contributed by atoms with Crippen LogP contribution in [0.5, 0.6) is 0 Å². The number of nitrogens with zero attached hydrogens (tertiary/aromatic N) is 3. The van der Waals surface area contributed by atoms with E-state index in [4.69, 9.17) is 0 Å². The number of hydrogen-bond donors (Lipinski definition) is 1. The van der Waals surface area contributed by atoms with E-state index in [1.54, 1.807) is 40.8 Å². The molecule has 2 bridgehead atoms. The minimum absolute atomic E-state index is 0.00457. The molecule has 1 aromatic carbocycles. The van der Waals surface area contributed by atoms with Crippen LogP contribution in [0.3, 0.4) is 0 Å². The Kier molecular flexibility index (Phi) is 7.74. The van der Waals surface area contributed by atoms with Gasteiger partial charge in [-0.3, -0.25) is 14.4 Å². The van der Waals surface area contributed by atoms with Gasteiger partial charge in [-0.05, 0) is 31.4 Å². The van der Waals surface area contributed by atoms with Crippen molar-refractivity contribution in [3.8, 4) is 0 Å². The summed E-state index contributed by atoms with van der Waals surface area (Å²) in [5, 5.41) is 9.76. The highest BCUT2D eigenvalue weighted by Gasteiger charge is 2.76. The molecule has 1 aromatic rings. The van der Waals surface area contributed by atoms with Crippen LogP contribution in [0.25, 0.3) is 0 Å². The van der Waals surface area contributed by atoms with Gasteiger partial charge in [0, 0.05) is 42.4 Å². The fourth-order valence-corrected chi connectivity index (χ4v) is 9.98. The number of amides is 3. The Labute approximate surface area is 225 Å². The first kappa shape index (κ1) is 26.9. The molecule has 0 aromatic heterocycles. The average molecular weight is 577 g/mol. The van der Waals surface area contributed by atoms with Crippen molar-refractivity contribution in [3.63, 3.8) is 0 Å². The Hall–Kier alpha value is -2.10. The van der Waals surface area contributed by atoms with E-state index in [0.717, 1.165) is 16.8 Å². The van der Waals surface area contributed by atoms with E-state index in [2.05, 4.69) is 29.1 Å². The van der Waals surface area contributed by atoms with E-state index in [1.165, 1.54) is 4.90 Å². The van der Waals surface area contributed by atoms with Gasteiger partial charge in [-0.2, -0.15) is 0 Å². The van der Waals surface area contributed by atoms with Crippen LogP contribution in [0.1, 0.15) is 17.5 Å². The van der Waals surface area contributed by atoms with Crippen LogP contribution >= 0.6 is 27.7 Å². The fourth-order valence-electron chi connectivity index (χ4n) is 6.38. The molecule has 1 spiro atoms. The Bertz CT molecular complexity index is 1080. The molecule has 9 heteroatoms. The second-order valence-electron chi connectivity index (χ2n) is 9.90. The number of aliphatic hydroxyl groups is 1. The van der Waals surface area contributed by atoms with Crippen LogP contribution < -0.4 is 4.90 Å². The molecule has 3 unspecified atom stereocenters. The van der Waals surface area contributed by atoms with Crippen molar-refractivity contribution in [2.24, 2.45) is 11.8 Å². The van der Waals surface area contributed by atoms with E-state index < -0.39 is 22.6 Å². The number of para-hydroxylation sites is 1. The van der Waals surface area contributed by atoms with Gasteiger partial charge in [0.15, 0.2) is 0 Å². The number of carbonyl (C=O) groups is 3. The summed E-state index contributed by atoms with van der Waals surface area (Å²) >= 11 is 5.38. The van der Waals surface area contributed by atoms with Crippen LogP contribution in [0.4, 0.5) is 5.69 Å². The minimum Gasteiger partial charge on any atom is -0.395 e. The summed E-state index contributed by atoms with van der Waals surface area (Å²) in [7, 11) is 1.72. The monoisotopic (exact) mass is 575 g/mol. The summed E-state index contributed by atoms with van der Waals surface area (Å²) in [4.78, 5) is 46.8. The number of anilines is 1. The number of aryl methyl sites for hydroxylation is 2. The highest BCUT2D eigenvalue weighted by Crippen LogP contribution is 2.68. The zero-order valence-electron chi connectivity index (χ0n) is 21.0. The van der Waals surface area contributed by atoms with E-state index in [-0.39, 0.29) is 41.0 Å². The summed E-state index contributed by atoms with van der Waals surface area (Å²) in [5.74, 6) is -1.69. The zero-order chi connectivity index (χ0) is 26.4. The maximum absolute atomic E-state index is 14.5. The van der Waals surface area contributed by atoms with Gasteiger partial charge in [-0.15, -0.1) is 24.9 Å². The molecule has 3 heterocycles. The van der Waals surface area contributed by atoms with Crippen molar-refractivity contribution >= 4 is 51.1 Å². The number of halogens is 1. The normalized spacial score (nSPS) is 30.3. The fraction of sp³-hybridized carbons (Fsp3) is 0.519. The Morgan fingerprint density at radius 2 is 1.86 bits per heavy atom. The smallest absolute Gasteiger partial charge is 0.251 e. The lowest BCUT2D eigenvalue weighted by Gasteiger charge is -2.38. The molecule has 3 aliphatic rings. The van der Waals surface area contributed by atoms with Crippen LogP contribution in [0, 0.1) is 25.7 Å². The van der Waals surface area contributed by atoms with E-state index in [0.29, 0.717) is 19.5 Å². The first-order chi connectivity index (χ1) is 17.1. The number of likely N-dealkylation sites (tertiary alicyclic amines) is 1. The van der Waals surface area contributed by atoms with Gasteiger partial charge in [0.1, 0.15) is 6.04 Å². The quantitative estimate of drug-likeness (QED) is 0.361. The molecule has 7 nitrogen and oxygen atoms in total. The largest absolute Gasteiger partial charge is 0.395 e. The number of alkyl halides is 1. The number of rotatable bonds is 9. The number of benzene rings is 1. The van der Waals surface area contributed by atoms with Gasteiger partial charge >= 0.3 is 0 Å². The van der Waals surface area contributed by atoms with Crippen LogP contribution in [-0.2, 0) is 14.4 Å². The summed E-state index contributed by atoms with van der Waals surface area (Å²) in [6.45, 7) is 12.0. The molecule has 4 rings (SSSR count). The predicted octanol–water partition coefficient (Wildman–Crippen LogP) is 2.92. The molecule has 0 radical (unpaired) electrons. The van der Waals surface area contributed by atoms with E-state index >= 15 is 0 Å². The molecule has 3 fully saturated rings. The third-order valence-corrected chi connectivity index (χ3v) is 10.9. The molecule has 194 valence electrons. The molecule has 0 aliphatic carbocycles. The van der Waals surface area contributed by atoms with E-state index in [9.17, 15) is 19.5 Å². The SMILES string of the molecule is C=CCN(C)C(=O)[C@H]1[C@H]2C(=O)N(CCO)C(C(=O)N(CC=C)c3c(C)cccc3C)C23CC(Br)[C@@H]1S3. The van der Waals surface area contributed by atoms with Gasteiger partial charge < -0.3 is 19.8 Å². The van der Waals surface area contributed by atoms with Gasteiger partial charge in [0.2, 0.25) is 11.8 Å². The number of aliphatic hydroxyl groups excluding tert-OH is 1. The molecule has 1 N–H and O–H groups in total. The lowest BCUT2D eigenvalue weighted by molar-refractivity contribution is -0.143. The van der Waals surface area contributed by atoms with Crippen molar-refractivity contribution in [1.29, 1.82) is 0 Å². The number of β-amino-alcohol motifs (C(OH)–C–C–N with tert-alkyl or cyclic N) is 1. The van der Waals surface area contributed by atoms with Crippen molar-refractivity contribution in [3.05, 3.63) is 54.6 Å². The summed E-state index contributed by atoms with van der Waals surface area (Å²) in [6, 6.07) is 5.09. The first-order valence-electron chi connectivity index (χ1n) is 12.2. The van der Waals surface area contributed by atoms with Crippen molar-refractivity contribution in [2.75, 3.05) is 38.2 Å². The van der Waals surface area contributed by atoms with Gasteiger partial charge in [0.05, 0.1) is 23.2 Å². The lowest BCUT2D eigenvalue weighted by atomic mass is 9.70. The number of likely N-dealkylation sites (N-methyl/N-ethyl adjacent to an activating group) is 1. The Balaban J connectivity index is 1.82. The maximum Gasteiger partial charge on any atom is 0.251 e. The Morgan fingerprint density at radius 3 is 2.44 bits per heavy atom. The second kappa shape index (κ2) is 10.3. The highest BCUT2D eigenvalue weighted by atomic mass is 79.9. The number of hydrogen-bond acceptors (Lipinski definition) is 5. The lowest BCUT2D eigenvalue weighted by Crippen LogP contribution is -2.56. The molecule has 36 heavy (non-hydrogen) atoms. The summed E-state index contributed by atoms with van der Waals surface area (Å²) in [6.07, 6.45) is 3.95. The van der Waals surface area contributed by atoms with Crippen molar-refractivity contribution in [2.45, 2.75) is 41.1 Å². The minimum atomic E-state index is -0.793. The standard InChI is InChI=1S/C27H34BrN3O4S/c1-6-11-29(5)24(33)19-20-25(34)31(13-14-32)23(27(20)15-18(28)22(19)36-27)26(35)30(12-7-2)21-16(3)9-8-10-17(21)4/h6-10,18-20,22-23,32H,1-2,11-15H2,3-5H3/t18?,19-,20-,22-,23?,27?/m0/s1. The third kappa shape index (κ3) is 4.03. The number of thioether (sulfide) groups is 1. The van der Waals surface area contributed by atoms with Gasteiger partial charge in [-0.25, -0.2) is 0 Å². The third-order valence-electron chi connectivity index (χ3n) is 7.72. The van der Waals surface area contributed by atoms with Gasteiger partial charge in [0.25, 0.3) is 5.91 Å². The number of carbonyl (C=O) groups excluding carboxylic acids is 3. The van der Waals surface area contributed by atoms with Crippen LogP contribution in [0.15, 0.2) is 43.5 Å². The van der Waals surface area contributed by atoms with Crippen molar-refractivity contribution in [1.82, 2.24) is 9.80 Å². The molecular formula is C27H34BrN3O4S. The molecule has 0 saturated carbocycles. The number of fused-ring (bicyclic) bond motifs is 1. The maximum atomic E-state index is 14.5. The topological polar surface area (TPSA) is 81.2 Å². The van der Waals surface area contributed by atoms with E-state index in [1.807, 2.05) is 32.0 Å². The highest BCUT2D eigenvalue weighted by molar-refractivity contribution is 9.09. The molecule has 3 saturated heterocycles. The molecule has 3 aliphatic heterocycles. The zero-order valence-corrected chi connectivity index (χ0v) is 23.4. The van der Waals surface area contributed by atoms with Crippen molar-refractivity contribution < 1.29 is 19.5 Å². The second-order valence-corrected chi connectivity index (χ2v) is 12.6. The molecule has 3 amide bonds. The first-order valence-corrected chi connectivity index (χ1v) is 14.0. The molecular weight excluding hydrogens is 542 g/mol. The predicted molar refractivity (Wildman–Crippen MR) is 147 cm³/mol. The Morgan fingerprint density at radius 1 is 1.22 bits per heavy atom. The average Bonchev–Trinajstić information content (AvgIpc) is 3.41.